The molecule has 1 fully saturated rings. The van der Waals surface area contributed by atoms with Crippen LogP contribution in [0, 0.1) is 23.7 Å². The summed E-state index contributed by atoms with van der Waals surface area (Å²) in [6.45, 7) is 2.10. The van der Waals surface area contributed by atoms with E-state index in [1.54, 1.807) is 0 Å². The predicted molar refractivity (Wildman–Crippen MR) is 68.0 cm³/mol. The van der Waals surface area contributed by atoms with Crippen molar-refractivity contribution in [3.63, 3.8) is 0 Å². The fourth-order valence-electron chi connectivity index (χ4n) is 4.11. The molecular formula is C15H18O4. The zero-order valence-corrected chi connectivity index (χ0v) is 11.4. The van der Waals surface area contributed by atoms with Crippen molar-refractivity contribution in [2.24, 2.45) is 23.7 Å². The molecule has 4 heteroatoms. The van der Waals surface area contributed by atoms with Crippen molar-refractivity contribution < 1.29 is 19.1 Å². The molecule has 3 rings (SSSR count). The number of esters is 2. The van der Waals surface area contributed by atoms with Crippen molar-refractivity contribution in [2.75, 3.05) is 14.2 Å². The zero-order chi connectivity index (χ0) is 13.7. The van der Waals surface area contributed by atoms with E-state index in [1.807, 2.05) is 0 Å². The van der Waals surface area contributed by atoms with Crippen LogP contribution in [0.4, 0.5) is 0 Å². The van der Waals surface area contributed by atoms with Crippen LogP contribution in [0.1, 0.15) is 19.8 Å². The number of allylic oxidation sites excluding steroid dienone is 3. The Kier molecular flexibility index (Phi) is 2.77. The van der Waals surface area contributed by atoms with Gasteiger partial charge in [0, 0.05) is 5.92 Å². The van der Waals surface area contributed by atoms with Crippen molar-refractivity contribution in [3.8, 4) is 0 Å². The molecule has 2 bridgehead atoms. The molecule has 1 saturated carbocycles. The predicted octanol–water partition coefficient (Wildman–Crippen LogP) is 1.86. The van der Waals surface area contributed by atoms with Gasteiger partial charge in [0.25, 0.3) is 0 Å². The van der Waals surface area contributed by atoms with Crippen LogP contribution in [0.25, 0.3) is 0 Å². The first-order valence-corrected chi connectivity index (χ1v) is 6.63. The van der Waals surface area contributed by atoms with E-state index in [1.165, 1.54) is 25.4 Å². The maximum Gasteiger partial charge on any atom is 0.313 e. The maximum absolute atomic E-state index is 12.0. The number of fused-ring (bicyclic) bond motifs is 4. The van der Waals surface area contributed by atoms with E-state index in [-0.39, 0.29) is 23.8 Å². The highest BCUT2D eigenvalue weighted by Gasteiger charge is 2.57. The first-order valence-electron chi connectivity index (χ1n) is 6.63. The second-order valence-corrected chi connectivity index (χ2v) is 5.68. The van der Waals surface area contributed by atoms with Crippen LogP contribution in [0.2, 0.25) is 0 Å². The van der Waals surface area contributed by atoms with Gasteiger partial charge >= 0.3 is 11.9 Å². The van der Waals surface area contributed by atoms with Crippen molar-refractivity contribution in [3.05, 3.63) is 22.8 Å². The first kappa shape index (κ1) is 12.5. The fourth-order valence-corrected chi connectivity index (χ4v) is 4.11. The van der Waals surface area contributed by atoms with Gasteiger partial charge in [-0.2, -0.15) is 0 Å². The summed E-state index contributed by atoms with van der Waals surface area (Å²) in [5.74, 6) is -0.869. The number of carbonyl (C=O) groups is 2. The Hall–Kier alpha value is -1.58. The van der Waals surface area contributed by atoms with Crippen LogP contribution in [-0.4, -0.2) is 26.2 Å². The molecule has 19 heavy (non-hydrogen) atoms. The molecule has 4 nitrogen and oxygen atoms in total. The molecule has 0 aromatic carbocycles. The van der Waals surface area contributed by atoms with E-state index in [0.717, 1.165) is 18.4 Å². The lowest BCUT2D eigenvalue weighted by molar-refractivity contribution is -0.157. The molecule has 3 aliphatic rings. The SMILES string of the molecule is COC(=O)C1C2=C3CC(C)=CC3C(C2)C1C(=O)OC. The average molecular weight is 262 g/mol. The maximum atomic E-state index is 12.0. The van der Waals surface area contributed by atoms with E-state index in [0.29, 0.717) is 5.92 Å². The number of methoxy groups -OCH3 is 2. The summed E-state index contributed by atoms with van der Waals surface area (Å²) in [5.41, 5.74) is 3.81. The van der Waals surface area contributed by atoms with Crippen LogP contribution in [-0.2, 0) is 19.1 Å². The number of rotatable bonds is 2. The number of hydrogen-bond donors (Lipinski definition) is 0. The van der Waals surface area contributed by atoms with Gasteiger partial charge in [-0.1, -0.05) is 22.8 Å². The Morgan fingerprint density at radius 2 is 1.84 bits per heavy atom. The molecule has 0 saturated heterocycles. The molecule has 4 unspecified atom stereocenters. The average Bonchev–Trinajstić information content (AvgIpc) is 3.04. The van der Waals surface area contributed by atoms with E-state index in [4.69, 9.17) is 9.47 Å². The second kappa shape index (κ2) is 4.22. The highest BCUT2D eigenvalue weighted by atomic mass is 16.5. The summed E-state index contributed by atoms with van der Waals surface area (Å²) in [5, 5.41) is 0. The molecular weight excluding hydrogens is 244 g/mol. The summed E-state index contributed by atoms with van der Waals surface area (Å²) < 4.78 is 9.79. The van der Waals surface area contributed by atoms with Gasteiger partial charge in [-0.05, 0) is 25.7 Å². The summed E-state index contributed by atoms with van der Waals surface area (Å²) >= 11 is 0. The molecule has 0 aromatic rings. The van der Waals surface area contributed by atoms with E-state index >= 15 is 0 Å². The third-order valence-corrected chi connectivity index (χ3v) is 4.79. The Balaban J connectivity index is 2.03. The third kappa shape index (κ3) is 1.58. The highest BCUT2D eigenvalue weighted by molar-refractivity contribution is 5.87. The molecule has 0 radical (unpaired) electrons. The number of carbonyl (C=O) groups excluding carboxylic acids is 2. The van der Waals surface area contributed by atoms with Crippen molar-refractivity contribution in [2.45, 2.75) is 19.8 Å². The summed E-state index contributed by atoms with van der Waals surface area (Å²) in [7, 11) is 2.76. The standard InChI is InChI=1S/C15H18O4/c1-7-4-8-9(5-7)11-6-10(8)12(14(16)18-2)13(11)15(17)19-3/h4,8,10,12-13H,5-6H2,1-3H3. The highest BCUT2D eigenvalue weighted by Crippen LogP contribution is 2.59. The van der Waals surface area contributed by atoms with Gasteiger partial charge in [-0.15, -0.1) is 0 Å². The monoisotopic (exact) mass is 262 g/mol. The largest absolute Gasteiger partial charge is 0.469 e. The minimum Gasteiger partial charge on any atom is -0.469 e. The van der Waals surface area contributed by atoms with Crippen molar-refractivity contribution in [1.29, 1.82) is 0 Å². The summed E-state index contributed by atoms with van der Waals surface area (Å²) in [4.78, 5) is 24.1. The summed E-state index contributed by atoms with van der Waals surface area (Å²) in [6, 6.07) is 0. The zero-order valence-electron chi connectivity index (χ0n) is 11.4. The Labute approximate surface area is 112 Å². The Morgan fingerprint density at radius 3 is 2.47 bits per heavy atom. The summed E-state index contributed by atoms with van der Waals surface area (Å²) in [6.07, 6.45) is 4.03. The van der Waals surface area contributed by atoms with Gasteiger partial charge in [0.2, 0.25) is 0 Å². The van der Waals surface area contributed by atoms with Gasteiger partial charge in [0.1, 0.15) is 0 Å². The minimum atomic E-state index is -0.423. The van der Waals surface area contributed by atoms with Gasteiger partial charge in [-0.25, -0.2) is 0 Å². The first-order chi connectivity index (χ1) is 9.08. The molecule has 0 aromatic heterocycles. The van der Waals surface area contributed by atoms with Crippen LogP contribution >= 0.6 is 0 Å². The molecule has 4 atom stereocenters. The van der Waals surface area contributed by atoms with E-state index in [9.17, 15) is 9.59 Å². The van der Waals surface area contributed by atoms with Crippen LogP contribution in [0.3, 0.4) is 0 Å². The third-order valence-electron chi connectivity index (χ3n) is 4.79. The van der Waals surface area contributed by atoms with Crippen LogP contribution < -0.4 is 0 Å². The molecule has 0 aliphatic heterocycles. The number of ether oxygens (including phenoxy) is 2. The minimum absolute atomic E-state index is 0.180. The molecule has 102 valence electrons. The molecule has 3 aliphatic carbocycles. The Morgan fingerprint density at radius 1 is 1.16 bits per heavy atom. The van der Waals surface area contributed by atoms with Gasteiger partial charge in [0.05, 0.1) is 26.1 Å². The van der Waals surface area contributed by atoms with Crippen LogP contribution in [0.5, 0.6) is 0 Å². The molecule has 0 heterocycles. The molecule has 0 amide bonds. The lowest BCUT2D eigenvalue weighted by atomic mass is 9.75. The second-order valence-electron chi connectivity index (χ2n) is 5.68. The molecule has 0 N–H and O–H groups in total. The lowest BCUT2D eigenvalue weighted by Gasteiger charge is -2.29. The van der Waals surface area contributed by atoms with Crippen LogP contribution in [0.15, 0.2) is 22.8 Å². The quantitative estimate of drug-likeness (QED) is 0.563. The topological polar surface area (TPSA) is 52.6 Å². The van der Waals surface area contributed by atoms with E-state index in [2.05, 4.69) is 13.0 Å². The molecule has 0 spiro atoms. The Bertz CT molecular complexity index is 514. The van der Waals surface area contributed by atoms with Gasteiger partial charge in [-0.3, -0.25) is 9.59 Å². The number of hydrogen-bond acceptors (Lipinski definition) is 4. The van der Waals surface area contributed by atoms with Crippen molar-refractivity contribution >= 4 is 11.9 Å². The fraction of sp³-hybridized carbons (Fsp3) is 0.600. The van der Waals surface area contributed by atoms with Crippen molar-refractivity contribution in [1.82, 2.24) is 0 Å². The van der Waals surface area contributed by atoms with Gasteiger partial charge in [0.15, 0.2) is 0 Å². The lowest BCUT2D eigenvalue weighted by Crippen LogP contribution is -2.36. The normalized spacial score (nSPS) is 35.2. The van der Waals surface area contributed by atoms with Gasteiger partial charge < -0.3 is 9.47 Å². The smallest absolute Gasteiger partial charge is 0.313 e. The van der Waals surface area contributed by atoms with E-state index < -0.39 is 5.92 Å².